The lowest BCUT2D eigenvalue weighted by molar-refractivity contribution is -0.116. The van der Waals surface area contributed by atoms with E-state index in [1.807, 2.05) is 4.72 Å². The van der Waals surface area contributed by atoms with Crippen molar-refractivity contribution in [1.29, 1.82) is 0 Å². The smallest absolute Gasteiger partial charge is 0.336 e. The van der Waals surface area contributed by atoms with Crippen molar-refractivity contribution in [2.45, 2.75) is 18.2 Å². The third-order valence-electron chi connectivity index (χ3n) is 2.44. The van der Waals surface area contributed by atoms with Crippen LogP contribution in [-0.4, -0.2) is 31.9 Å². The largest absolute Gasteiger partial charge is 0.478 e. The maximum Gasteiger partial charge on any atom is 0.336 e. The first-order valence-electron chi connectivity index (χ1n) is 5.42. The second kappa shape index (κ2) is 5.81. The summed E-state index contributed by atoms with van der Waals surface area (Å²) < 4.78 is 25.6. The number of nitrogens with one attached hydrogen (secondary N) is 1. The van der Waals surface area contributed by atoms with E-state index in [0.717, 1.165) is 6.07 Å². The van der Waals surface area contributed by atoms with E-state index in [9.17, 15) is 18.0 Å². The quantitative estimate of drug-likeness (QED) is 0.662. The van der Waals surface area contributed by atoms with E-state index in [0.29, 0.717) is 12.0 Å². The molecule has 1 rings (SSSR count). The summed E-state index contributed by atoms with van der Waals surface area (Å²) >= 11 is 0. The lowest BCUT2D eigenvalue weighted by atomic mass is 10.1. The summed E-state index contributed by atoms with van der Waals surface area (Å²) in [6, 6.07) is 3.78. The van der Waals surface area contributed by atoms with Crippen molar-refractivity contribution in [3.8, 4) is 0 Å². The zero-order valence-electron chi connectivity index (χ0n) is 10.2. The summed E-state index contributed by atoms with van der Waals surface area (Å²) in [5.41, 5.74) is 5.29. The molecule has 1 aromatic rings. The highest BCUT2D eigenvalue weighted by atomic mass is 32.2. The Morgan fingerprint density at radius 2 is 2.00 bits per heavy atom. The molecule has 0 aliphatic heterocycles. The van der Waals surface area contributed by atoms with Crippen LogP contribution in [0.1, 0.15) is 22.8 Å². The first-order valence-corrected chi connectivity index (χ1v) is 6.90. The molecule has 0 spiro atoms. The Morgan fingerprint density at radius 1 is 1.37 bits per heavy atom. The van der Waals surface area contributed by atoms with Crippen molar-refractivity contribution < 1.29 is 23.1 Å². The van der Waals surface area contributed by atoms with Gasteiger partial charge in [0.15, 0.2) is 0 Å². The molecule has 4 N–H and O–H groups in total. The highest BCUT2D eigenvalue weighted by Crippen LogP contribution is 2.16. The SMILES string of the molecule is CCc1ccc(S(=O)(=O)NCC(N)=O)cc1C(=O)O. The van der Waals surface area contributed by atoms with Gasteiger partial charge in [-0.25, -0.2) is 17.9 Å². The fraction of sp³-hybridized carbons (Fsp3) is 0.273. The van der Waals surface area contributed by atoms with Crippen molar-refractivity contribution in [3.63, 3.8) is 0 Å². The maximum absolute atomic E-state index is 11.8. The lowest BCUT2D eigenvalue weighted by Gasteiger charge is -2.08. The molecule has 104 valence electrons. The molecule has 0 saturated carbocycles. The molecule has 0 atom stereocenters. The number of hydrogen-bond acceptors (Lipinski definition) is 4. The van der Waals surface area contributed by atoms with E-state index in [2.05, 4.69) is 0 Å². The van der Waals surface area contributed by atoms with Crippen LogP contribution in [0.25, 0.3) is 0 Å². The molecule has 0 bridgehead atoms. The van der Waals surface area contributed by atoms with Crippen LogP contribution in [0.5, 0.6) is 0 Å². The molecule has 0 fully saturated rings. The van der Waals surface area contributed by atoms with Gasteiger partial charge in [-0.2, -0.15) is 0 Å². The molecular weight excluding hydrogens is 272 g/mol. The van der Waals surface area contributed by atoms with E-state index >= 15 is 0 Å². The predicted molar refractivity (Wildman–Crippen MR) is 67.2 cm³/mol. The van der Waals surface area contributed by atoms with Gasteiger partial charge in [0, 0.05) is 0 Å². The Hall–Kier alpha value is -1.93. The number of aryl methyl sites for hydroxylation is 1. The van der Waals surface area contributed by atoms with Crippen molar-refractivity contribution in [1.82, 2.24) is 4.72 Å². The molecule has 7 nitrogen and oxygen atoms in total. The van der Waals surface area contributed by atoms with Crippen LogP contribution in [0.2, 0.25) is 0 Å². The average Bonchev–Trinajstić information content (AvgIpc) is 2.35. The van der Waals surface area contributed by atoms with Gasteiger partial charge in [-0.1, -0.05) is 13.0 Å². The van der Waals surface area contributed by atoms with E-state index in [-0.39, 0.29) is 10.5 Å². The van der Waals surface area contributed by atoms with E-state index in [1.165, 1.54) is 12.1 Å². The molecule has 0 radical (unpaired) electrons. The minimum atomic E-state index is -3.95. The number of carboxylic acid groups (broad SMARTS) is 1. The zero-order chi connectivity index (χ0) is 14.6. The predicted octanol–water partition coefficient (Wildman–Crippen LogP) is -0.289. The van der Waals surface area contributed by atoms with E-state index in [4.69, 9.17) is 10.8 Å². The third-order valence-corrected chi connectivity index (χ3v) is 3.84. The molecule has 0 unspecified atom stereocenters. The summed E-state index contributed by atoms with van der Waals surface area (Å²) in [7, 11) is -3.95. The molecule has 0 aromatic heterocycles. The summed E-state index contributed by atoms with van der Waals surface area (Å²) in [5.74, 6) is -2.03. The summed E-state index contributed by atoms with van der Waals surface area (Å²) in [6.07, 6.45) is 0.469. The Bertz CT molecular complexity index is 610. The number of sulfonamides is 1. The minimum Gasteiger partial charge on any atom is -0.478 e. The average molecular weight is 286 g/mol. The van der Waals surface area contributed by atoms with Crippen LogP contribution >= 0.6 is 0 Å². The Kier molecular flexibility index (Phi) is 4.62. The summed E-state index contributed by atoms with van der Waals surface area (Å²) in [4.78, 5) is 21.4. The monoisotopic (exact) mass is 286 g/mol. The standard InChI is InChI=1S/C11H14N2O5S/c1-2-7-3-4-8(5-9(7)11(15)16)19(17,18)13-6-10(12)14/h3-5,13H,2,6H2,1H3,(H2,12,14)(H,15,16). The number of primary amides is 1. The highest BCUT2D eigenvalue weighted by molar-refractivity contribution is 7.89. The van der Waals surface area contributed by atoms with Gasteiger partial charge >= 0.3 is 5.97 Å². The van der Waals surface area contributed by atoms with Gasteiger partial charge in [0.2, 0.25) is 15.9 Å². The van der Waals surface area contributed by atoms with Crippen LogP contribution in [0.4, 0.5) is 0 Å². The molecule has 1 amide bonds. The minimum absolute atomic E-state index is 0.0792. The number of carboxylic acids is 1. The van der Waals surface area contributed by atoms with Crippen LogP contribution in [-0.2, 0) is 21.2 Å². The molecular formula is C11H14N2O5S. The van der Waals surface area contributed by atoms with Crippen molar-refractivity contribution in [2.75, 3.05) is 6.54 Å². The van der Waals surface area contributed by atoms with Gasteiger partial charge in [-0.05, 0) is 24.1 Å². The van der Waals surface area contributed by atoms with Gasteiger partial charge in [0.1, 0.15) is 0 Å². The van der Waals surface area contributed by atoms with Crippen molar-refractivity contribution in [2.24, 2.45) is 5.73 Å². The van der Waals surface area contributed by atoms with Gasteiger partial charge in [0.05, 0.1) is 17.0 Å². The number of amides is 1. The molecule has 0 saturated heterocycles. The normalized spacial score (nSPS) is 11.2. The van der Waals surface area contributed by atoms with E-state index in [1.54, 1.807) is 6.92 Å². The fourth-order valence-electron chi connectivity index (χ4n) is 1.48. The van der Waals surface area contributed by atoms with Crippen LogP contribution in [0.15, 0.2) is 23.1 Å². The zero-order valence-corrected chi connectivity index (χ0v) is 11.0. The van der Waals surface area contributed by atoms with Crippen LogP contribution in [0, 0.1) is 0 Å². The molecule has 0 heterocycles. The number of carbonyl (C=O) groups is 2. The number of rotatable bonds is 6. The third kappa shape index (κ3) is 3.76. The fourth-order valence-corrected chi connectivity index (χ4v) is 2.50. The van der Waals surface area contributed by atoms with Crippen LogP contribution < -0.4 is 10.5 Å². The topological polar surface area (TPSA) is 127 Å². The first-order chi connectivity index (χ1) is 8.77. The molecule has 1 aromatic carbocycles. The van der Waals surface area contributed by atoms with Crippen molar-refractivity contribution >= 4 is 21.9 Å². The summed E-state index contributed by atoms with van der Waals surface area (Å²) in [5, 5.41) is 9.02. The lowest BCUT2D eigenvalue weighted by Crippen LogP contribution is -2.33. The Morgan fingerprint density at radius 3 is 2.47 bits per heavy atom. The van der Waals surface area contributed by atoms with E-state index < -0.39 is 28.4 Å². The first kappa shape index (κ1) is 15.1. The molecule has 8 heteroatoms. The van der Waals surface area contributed by atoms with Crippen LogP contribution in [0.3, 0.4) is 0 Å². The second-order valence-corrected chi connectivity index (χ2v) is 5.54. The number of hydrogen-bond donors (Lipinski definition) is 3. The van der Waals surface area contributed by atoms with Gasteiger partial charge in [0.25, 0.3) is 0 Å². The van der Waals surface area contributed by atoms with Gasteiger partial charge in [-0.3, -0.25) is 4.79 Å². The van der Waals surface area contributed by atoms with Crippen molar-refractivity contribution in [3.05, 3.63) is 29.3 Å². The molecule has 0 aliphatic rings. The number of carbonyl (C=O) groups excluding carboxylic acids is 1. The molecule has 19 heavy (non-hydrogen) atoms. The maximum atomic E-state index is 11.8. The van der Waals surface area contributed by atoms with Gasteiger partial charge in [-0.15, -0.1) is 0 Å². The molecule has 0 aliphatic carbocycles. The van der Waals surface area contributed by atoms with Gasteiger partial charge < -0.3 is 10.8 Å². The number of aromatic carboxylic acids is 1. The highest BCUT2D eigenvalue weighted by Gasteiger charge is 2.18. The Labute approximate surface area is 110 Å². The number of benzene rings is 1. The summed E-state index contributed by atoms with van der Waals surface area (Å²) in [6.45, 7) is 1.22. The Balaban J connectivity index is 3.18. The number of nitrogens with two attached hydrogens (primary N) is 1. The second-order valence-electron chi connectivity index (χ2n) is 3.77.